The number of allylic oxidation sites excluding steroid dienone is 2. The molecular formula is C20H26N2O3. The topological polar surface area (TPSA) is 64.9 Å². The number of carboxylic acids is 1. The molecule has 1 amide bonds. The van der Waals surface area contributed by atoms with Crippen molar-refractivity contribution >= 4 is 11.9 Å². The lowest BCUT2D eigenvalue weighted by Crippen LogP contribution is -3.15. The van der Waals surface area contributed by atoms with E-state index in [0.717, 1.165) is 26.1 Å². The Kier molecular flexibility index (Phi) is 5.87. The third kappa shape index (κ3) is 4.48. The molecule has 3 rings (SSSR count). The van der Waals surface area contributed by atoms with E-state index in [-0.39, 0.29) is 5.91 Å². The van der Waals surface area contributed by atoms with Crippen LogP contribution in [0.3, 0.4) is 0 Å². The van der Waals surface area contributed by atoms with Crippen molar-refractivity contribution in [2.24, 2.45) is 11.8 Å². The number of quaternary nitrogens is 1. The smallest absolute Gasteiger partial charge is 0.227 e. The summed E-state index contributed by atoms with van der Waals surface area (Å²) in [5.41, 5.74) is 1.35. The largest absolute Gasteiger partial charge is 0.550 e. The van der Waals surface area contributed by atoms with E-state index in [1.165, 1.54) is 10.5 Å². The molecule has 1 aromatic rings. The van der Waals surface area contributed by atoms with Gasteiger partial charge in [0, 0.05) is 24.2 Å². The first-order chi connectivity index (χ1) is 12.1. The average molecular weight is 342 g/mol. The number of nitrogens with zero attached hydrogens (tertiary/aromatic N) is 1. The Labute approximate surface area is 148 Å². The van der Waals surface area contributed by atoms with Crippen molar-refractivity contribution in [2.45, 2.75) is 19.3 Å². The van der Waals surface area contributed by atoms with Gasteiger partial charge in [-0.25, -0.2) is 0 Å². The number of nitrogens with one attached hydrogen (secondary N) is 1. The minimum absolute atomic E-state index is 0.0133. The summed E-state index contributed by atoms with van der Waals surface area (Å²) in [6.45, 7) is 4.35. The van der Waals surface area contributed by atoms with E-state index in [1.807, 2.05) is 23.1 Å². The number of carboxylic acid groups (broad SMARTS) is 1. The van der Waals surface area contributed by atoms with E-state index in [1.54, 1.807) is 0 Å². The average Bonchev–Trinajstić information content (AvgIpc) is 2.67. The Morgan fingerprint density at radius 2 is 1.68 bits per heavy atom. The van der Waals surface area contributed by atoms with Gasteiger partial charge in [-0.15, -0.1) is 0 Å². The van der Waals surface area contributed by atoms with Crippen LogP contribution >= 0.6 is 0 Å². The van der Waals surface area contributed by atoms with Crippen molar-refractivity contribution in [1.82, 2.24) is 4.90 Å². The van der Waals surface area contributed by atoms with Crippen LogP contribution in [-0.4, -0.2) is 49.5 Å². The van der Waals surface area contributed by atoms with E-state index >= 15 is 0 Å². The summed E-state index contributed by atoms with van der Waals surface area (Å²) >= 11 is 0. The highest BCUT2D eigenvalue weighted by molar-refractivity contribution is 5.84. The molecule has 2 aliphatic rings. The first kappa shape index (κ1) is 17.7. The predicted octanol–water partition coefficient (Wildman–Crippen LogP) is -0.711. The fraction of sp³-hybridized carbons (Fsp3) is 0.500. The number of rotatable bonds is 5. The molecule has 0 aromatic heterocycles. The van der Waals surface area contributed by atoms with Gasteiger partial charge in [-0.2, -0.15) is 0 Å². The molecule has 1 aliphatic heterocycles. The molecule has 0 unspecified atom stereocenters. The summed E-state index contributed by atoms with van der Waals surface area (Å²) in [4.78, 5) is 27.4. The second kappa shape index (κ2) is 8.30. The lowest BCUT2D eigenvalue weighted by atomic mass is 9.82. The Morgan fingerprint density at radius 3 is 2.32 bits per heavy atom. The number of carbonyl (C=O) groups is 2. The van der Waals surface area contributed by atoms with Crippen LogP contribution in [0, 0.1) is 11.8 Å². The molecule has 1 heterocycles. The normalized spacial score (nSPS) is 24.2. The molecule has 1 saturated heterocycles. The predicted molar refractivity (Wildman–Crippen MR) is 92.7 cm³/mol. The standard InChI is InChI=1S/C20H26N2O3/c23-19(17-8-4-5-9-18(17)20(24)25)22-14-12-21(13-15-22)11-10-16-6-2-1-3-7-16/h1-7,17-18H,8-15H2,(H,24,25)/t17-,18-/m0/s1. The van der Waals surface area contributed by atoms with Gasteiger partial charge in [0.05, 0.1) is 32.7 Å². The molecule has 134 valence electrons. The van der Waals surface area contributed by atoms with E-state index < -0.39 is 17.8 Å². The zero-order valence-electron chi connectivity index (χ0n) is 14.5. The molecular weight excluding hydrogens is 316 g/mol. The van der Waals surface area contributed by atoms with Crippen LogP contribution in [0.4, 0.5) is 0 Å². The third-order valence-corrected chi connectivity index (χ3v) is 5.44. The van der Waals surface area contributed by atoms with Crippen LogP contribution in [0.1, 0.15) is 18.4 Å². The molecule has 5 heteroatoms. The van der Waals surface area contributed by atoms with Gasteiger partial charge >= 0.3 is 0 Å². The monoisotopic (exact) mass is 342 g/mol. The van der Waals surface area contributed by atoms with Crippen LogP contribution in [0.2, 0.25) is 0 Å². The number of piperazine rings is 1. The van der Waals surface area contributed by atoms with Crippen molar-refractivity contribution in [2.75, 3.05) is 32.7 Å². The van der Waals surface area contributed by atoms with Gasteiger partial charge in [-0.3, -0.25) is 4.79 Å². The number of carbonyl (C=O) groups excluding carboxylic acids is 2. The van der Waals surface area contributed by atoms with Crippen LogP contribution in [0.15, 0.2) is 42.5 Å². The lowest BCUT2D eigenvalue weighted by Gasteiger charge is -2.37. The van der Waals surface area contributed by atoms with Gasteiger partial charge in [-0.05, 0) is 18.4 Å². The van der Waals surface area contributed by atoms with E-state index in [0.29, 0.717) is 25.9 Å². The second-order valence-corrected chi connectivity index (χ2v) is 7.04. The fourth-order valence-corrected chi connectivity index (χ4v) is 3.84. The Balaban J connectivity index is 1.49. The Bertz CT molecular complexity index is 621. The summed E-state index contributed by atoms with van der Waals surface area (Å²) in [7, 11) is 0. The van der Waals surface area contributed by atoms with Crippen LogP contribution in [-0.2, 0) is 16.0 Å². The maximum atomic E-state index is 12.7. The van der Waals surface area contributed by atoms with Gasteiger partial charge < -0.3 is 19.7 Å². The zero-order chi connectivity index (χ0) is 17.6. The Morgan fingerprint density at radius 1 is 1.04 bits per heavy atom. The van der Waals surface area contributed by atoms with Crippen LogP contribution in [0.25, 0.3) is 0 Å². The summed E-state index contributed by atoms with van der Waals surface area (Å²) in [5.74, 6) is -2.25. The molecule has 1 aromatic carbocycles. The summed E-state index contributed by atoms with van der Waals surface area (Å²) < 4.78 is 0. The molecule has 1 fully saturated rings. The number of amides is 1. The highest BCUT2D eigenvalue weighted by Gasteiger charge is 2.34. The lowest BCUT2D eigenvalue weighted by molar-refractivity contribution is -0.903. The van der Waals surface area contributed by atoms with Crippen molar-refractivity contribution < 1.29 is 19.6 Å². The van der Waals surface area contributed by atoms with E-state index in [9.17, 15) is 14.7 Å². The zero-order valence-corrected chi connectivity index (χ0v) is 14.5. The second-order valence-electron chi connectivity index (χ2n) is 7.04. The summed E-state index contributed by atoms with van der Waals surface area (Å²) in [5, 5.41) is 11.3. The van der Waals surface area contributed by atoms with Gasteiger partial charge in [0.15, 0.2) is 0 Å². The number of benzene rings is 1. The van der Waals surface area contributed by atoms with Crippen LogP contribution in [0.5, 0.6) is 0 Å². The molecule has 1 aliphatic carbocycles. The molecule has 0 radical (unpaired) electrons. The van der Waals surface area contributed by atoms with E-state index in [2.05, 4.69) is 24.3 Å². The quantitative estimate of drug-likeness (QED) is 0.719. The highest BCUT2D eigenvalue weighted by atomic mass is 16.4. The first-order valence-electron chi connectivity index (χ1n) is 9.17. The third-order valence-electron chi connectivity index (χ3n) is 5.44. The number of hydrogen-bond acceptors (Lipinski definition) is 3. The molecule has 0 bridgehead atoms. The Hall–Kier alpha value is -2.14. The molecule has 0 spiro atoms. The van der Waals surface area contributed by atoms with Gasteiger partial charge in [0.1, 0.15) is 0 Å². The summed E-state index contributed by atoms with van der Waals surface area (Å²) in [6.07, 6.45) is 5.73. The first-order valence-corrected chi connectivity index (χ1v) is 9.17. The number of hydrogen-bond donors (Lipinski definition) is 1. The molecule has 25 heavy (non-hydrogen) atoms. The summed E-state index contributed by atoms with van der Waals surface area (Å²) in [6, 6.07) is 10.5. The van der Waals surface area contributed by atoms with Crippen molar-refractivity contribution in [3.8, 4) is 0 Å². The number of aliphatic carboxylic acids is 1. The molecule has 1 N–H and O–H groups in total. The maximum absolute atomic E-state index is 12.7. The SMILES string of the molecule is O=C([O-])[C@H]1CC=CC[C@@H]1C(=O)N1CC[NH+](CCc2ccccc2)CC1. The van der Waals surface area contributed by atoms with Crippen LogP contribution < -0.4 is 10.0 Å². The molecule has 5 nitrogen and oxygen atoms in total. The van der Waals surface area contributed by atoms with Crippen molar-refractivity contribution in [3.63, 3.8) is 0 Å². The van der Waals surface area contributed by atoms with Gasteiger partial charge in [0.2, 0.25) is 5.91 Å². The minimum atomic E-state index is -1.10. The minimum Gasteiger partial charge on any atom is -0.550 e. The van der Waals surface area contributed by atoms with Crippen molar-refractivity contribution in [3.05, 3.63) is 48.0 Å². The molecule has 2 atom stereocenters. The van der Waals surface area contributed by atoms with E-state index in [4.69, 9.17) is 0 Å². The van der Waals surface area contributed by atoms with Crippen molar-refractivity contribution in [1.29, 1.82) is 0 Å². The molecule has 0 saturated carbocycles. The highest BCUT2D eigenvalue weighted by Crippen LogP contribution is 2.27. The van der Waals surface area contributed by atoms with Gasteiger partial charge in [0.25, 0.3) is 0 Å². The van der Waals surface area contributed by atoms with Gasteiger partial charge in [-0.1, -0.05) is 42.5 Å². The maximum Gasteiger partial charge on any atom is 0.227 e. The fourth-order valence-electron chi connectivity index (χ4n) is 3.84.